The molecule has 1 aliphatic carbocycles. The zero-order valence-corrected chi connectivity index (χ0v) is 13.5. The molecule has 3 rings (SSSR count). The van der Waals surface area contributed by atoms with Crippen molar-refractivity contribution in [3.05, 3.63) is 71.8 Å². The summed E-state index contributed by atoms with van der Waals surface area (Å²) in [6, 6.07) is 21.5. The van der Waals surface area contributed by atoms with Gasteiger partial charge in [0.05, 0.1) is 12.7 Å². The molecule has 22 heavy (non-hydrogen) atoms. The molecule has 1 aliphatic rings. The normalized spacial score (nSPS) is 18.8. The van der Waals surface area contributed by atoms with Crippen LogP contribution in [0.25, 0.3) is 0 Å². The van der Waals surface area contributed by atoms with Crippen molar-refractivity contribution in [1.82, 2.24) is 0 Å². The van der Waals surface area contributed by atoms with Gasteiger partial charge in [0.1, 0.15) is 0 Å². The predicted octanol–water partition coefficient (Wildman–Crippen LogP) is 5.67. The van der Waals surface area contributed by atoms with E-state index in [1.54, 1.807) is 0 Å². The fourth-order valence-corrected chi connectivity index (χ4v) is 3.64. The van der Waals surface area contributed by atoms with E-state index in [1.807, 2.05) is 0 Å². The first-order valence-electron chi connectivity index (χ1n) is 8.52. The smallest absolute Gasteiger partial charge is 0.0797 e. The molecule has 2 aromatic rings. The van der Waals surface area contributed by atoms with Gasteiger partial charge < -0.3 is 4.74 Å². The lowest BCUT2D eigenvalue weighted by atomic mass is 9.70. The monoisotopic (exact) mass is 294 g/mol. The van der Waals surface area contributed by atoms with Gasteiger partial charge in [0.15, 0.2) is 0 Å². The maximum atomic E-state index is 6.33. The minimum absolute atomic E-state index is 0.156. The average molecular weight is 294 g/mol. The van der Waals surface area contributed by atoms with Crippen LogP contribution in [0.5, 0.6) is 0 Å². The van der Waals surface area contributed by atoms with Gasteiger partial charge in [-0.05, 0) is 30.9 Å². The summed E-state index contributed by atoms with van der Waals surface area (Å²) in [4.78, 5) is 0. The zero-order chi connectivity index (χ0) is 15.3. The number of ether oxygens (including phenoxy) is 1. The zero-order valence-electron chi connectivity index (χ0n) is 13.5. The highest BCUT2D eigenvalue weighted by Gasteiger charge is 2.34. The van der Waals surface area contributed by atoms with Crippen molar-refractivity contribution in [2.24, 2.45) is 0 Å². The summed E-state index contributed by atoms with van der Waals surface area (Å²) in [5.41, 5.74) is 2.93. The van der Waals surface area contributed by atoms with Gasteiger partial charge in [0, 0.05) is 5.41 Å². The molecule has 2 aromatic carbocycles. The first kappa shape index (κ1) is 15.3. The van der Waals surface area contributed by atoms with Crippen molar-refractivity contribution in [1.29, 1.82) is 0 Å². The van der Waals surface area contributed by atoms with Crippen molar-refractivity contribution >= 4 is 0 Å². The third-order valence-electron chi connectivity index (χ3n) is 5.08. The first-order valence-corrected chi connectivity index (χ1v) is 8.52. The molecule has 0 saturated heterocycles. The second kappa shape index (κ2) is 7.11. The quantitative estimate of drug-likeness (QED) is 0.690. The molecule has 0 aliphatic heterocycles. The van der Waals surface area contributed by atoms with E-state index in [-0.39, 0.29) is 11.5 Å². The lowest BCUT2D eigenvalue weighted by Gasteiger charge is -2.38. The number of rotatable bonds is 5. The Kier molecular flexibility index (Phi) is 4.94. The predicted molar refractivity (Wildman–Crippen MR) is 92.0 cm³/mol. The van der Waals surface area contributed by atoms with Crippen molar-refractivity contribution in [3.63, 3.8) is 0 Å². The van der Waals surface area contributed by atoms with Crippen LogP contribution in [0.2, 0.25) is 0 Å². The minimum atomic E-state index is 0.156. The van der Waals surface area contributed by atoms with E-state index < -0.39 is 0 Å². The summed E-state index contributed by atoms with van der Waals surface area (Å²) in [6.07, 6.45) is 6.65. The minimum Gasteiger partial charge on any atom is -0.373 e. The molecule has 0 radical (unpaired) electrons. The Balaban J connectivity index is 1.74. The van der Waals surface area contributed by atoms with Crippen LogP contribution in [0.4, 0.5) is 0 Å². The van der Waals surface area contributed by atoms with E-state index in [4.69, 9.17) is 4.74 Å². The second-order valence-corrected chi connectivity index (χ2v) is 6.57. The number of hydrogen-bond donors (Lipinski definition) is 0. The van der Waals surface area contributed by atoms with Crippen molar-refractivity contribution in [2.75, 3.05) is 6.61 Å². The highest BCUT2D eigenvalue weighted by atomic mass is 16.5. The summed E-state index contributed by atoms with van der Waals surface area (Å²) in [7, 11) is 0. The van der Waals surface area contributed by atoms with E-state index in [0.29, 0.717) is 0 Å². The molecule has 1 heteroatoms. The molecule has 1 fully saturated rings. The van der Waals surface area contributed by atoms with Gasteiger partial charge in [-0.2, -0.15) is 0 Å². The van der Waals surface area contributed by atoms with Gasteiger partial charge in [0.25, 0.3) is 0 Å². The second-order valence-electron chi connectivity index (χ2n) is 6.57. The van der Waals surface area contributed by atoms with Crippen LogP contribution >= 0.6 is 0 Å². The maximum Gasteiger partial charge on any atom is 0.0797 e. The summed E-state index contributed by atoms with van der Waals surface area (Å²) >= 11 is 0. The Labute approximate surface area is 134 Å². The van der Waals surface area contributed by atoms with Gasteiger partial charge in [-0.3, -0.25) is 0 Å². The number of benzene rings is 2. The molecule has 1 nitrogen and oxygen atoms in total. The maximum absolute atomic E-state index is 6.33. The largest absolute Gasteiger partial charge is 0.373 e. The highest BCUT2D eigenvalue weighted by molar-refractivity contribution is 5.26. The van der Waals surface area contributed by atoms with Crippen LogP contribution < -0.4 is 0 Å². The molecule has 1 unspecified atom stereocenters. The Morgan fingerprint density at radius 2 is 1.45 bits per heavy atom. The molecule has 0 amide bonds. The Morgan fingerprint density at radius 1 is 0.864 bits per heavy atom. The Bertz CT molecular complexity index is 555. The molecule has 0 spiro atoms. The van der Waals surface area contributed by atoms with E-state index in [9.17, 15) is 0 Å². The molecule has 0 heterocycles. The van der Waals surface area contributed by atoms with Crippen molar-refractivity contribution in [2.45, 2.75) is 50.5 Å². The first-order chi connectivity index (χ1) is 10.8. The summed E-state index contributed by atoms with van der Waals surface area (Å²) in [5.74, 6) is 0. The molecule has 1 atom stereocenters. The molecule has 1 saturated carbocycles. The van der Waals surface area contributed by atoms with E-state index >= 15 is 0 Å². The van der Waals surface area contributed by atoms with Crippen molar-refractivity contribution in [3.8, 4) is 0 Å². The van der Waals surface area contributed by atoms with Crippen LogP contribution in [0.1, 0.15) is 56.3 Å². The Morgan fingerprint density at radius 3 is 2.09 bits per heavy atom. The van der Waals surface area contributed by atoms with Gasteiger partial charge in [-0.15, -0.1) is 0 Å². The fraction of sp³-hybridized carbons (Fsp3) is 0.429. The van der Waals surface area contributed by atoms with Crippen LogP contribution in [0.15, 0.2) is 60.7 Å². The third kappa shape index (κ3) is 3.41. The third-order valence-corrected chi connectivity index (χ3v) is 5.08. The van der Waals surface area contributed by atoms with Gasteiger partial charge >= 0.3 is 0 Å². The van der Waals surface area contributed by atoms with E-state index in [2.05, 4.69) is 67.6 Å². The van der Waals surface area contributed by atoms with Crippen LogP contribution in [-0.2, 0) is 10.2 Å². The molecule has 0 N–H and O–H groups in total. The van der Waals surface area contributed by atoms with Crippen LogP contribution in [0.3, 0.4) is 0 Å². The van der Waals surface area contributed by atoms with E-state index in [1.165, 1.54) is 43.2 Å². The van der Waals surface area contributed by atoms with Gasteiger partial charge in [-0.25, -0.2) is 0 Å². The Hall–Kier alpha value is -1.60. The summed E-state index contributed by atoms with van der Waals surface area (Å²) in [6.45, 7) is 2.99. The van der Waals surface area contributed by atoms with Crippen LogP contribution in [-0.4, -0.2) is 6.61 Å². The van der Waals surface area contributed by atoms with E-state index in [0.717, 1.165) is 6.61 Å². The standard InChI is InChI=1S/C21H26O/c1-18(19-11-5-2-6-12-19)22-17-21(15-9-4-10-16-21)20-13-7-3-8-14-20/h2-3,5-8,11-14,18H,4,9-10,15-17H2,1H3. The van der Waals surface area contributed by atoms with Crippen LogP contribution in [0, 0.1) is 0 Å². The SMILES string of the molecule is CC(OCC1(c2ccccc2)CCCCC1)c1ccccc1. The lowest BCUT2D eigenvalue weighted by Crippen LogP contribution is -2.34. The molecule has 116 valence electrons. The molecular formula is C21H26O. The summed E-state index contributed by atoms with van der Waals surface area (Å²) < 4.78 is 6.33. The topological polar surface area (TPSA) is 9.23 Å². The fourth-order valence-electron chi connectivity index (χ4n) is 3.64. The molecule has 0 aromatic heterocycles. The van der Waals surface area contributed by atoms with Gasteiger partial charge in [-0.1, -0.05) is 79.9 Å². The number of hydrogen-bond acceptors (Lipinski definition) is 1. The lowest BCUT2D eigenvalue weighted by molar-refractivity contribution is 0.0145. The molecule has 0 bridgehead atoms. The summed E-state index contributed by atoms with van der Waals surface area (Å²) in [5, 5.41) is 0. The average Bonchev–Trinajstić information content (AvgIpc) is 2.62. The van der Waals surface area contributed by atoms with Gasteiger partial charge in [0.2, 0.25) is 0 Å². The highest BCUT2D eigenvalue weighted by Crippen LogP contribution is 2.40. The molecular weight excluding hydrogens is 268 g/mol. The van der Waals surface area contributed by atoms with Crippen molar-refractivity contribution < 1.29 is 4.74 Å².